The van der Waals surface area contributed by atoms with Crippen LogP contribution in [0.5, 0.6) is 0 Å². The Labute approximate surface area is 339 Å². The van der Waals surface area contributed by atoms with Crippen LogP contribution in [0.3, 0.4) is 0 Å². The van der Waals surface area contributed by atoms with Gasteiger partial charge in [0.2, 0.25) is 0 Å². The highest BCUT2D eigenvalue weighted by molar-refractivity contribution is 5.69. The molecule has 4 nitrogen and oxygen atoms in total. The molecule has 0 saturated heterocycles. The van der Waals surface area contributed by atoms with Crippen LogP contribution in [0.4, 0.5) is 0 Å². The highest BCUT2D eigenvalue weighted by atomic mass is 16.5. The molecule has 0 amide bonds. The van der Waals surface area contributed by atoms with Gasteiger partial charge < -0.3 is 9.47 Å². The molecule has 0 heterocycles. The van der Waals surface area contributed by atoms with Crippen LogP contribution in [-0.2, 0) is 19.1 Å². The summed E-state index contributed by atoms with van der Waals surface area (Å²) in [6.45, 7) is 13.1. The first-order valence-electron chi connectivity index (χ1n) is 24.7. The van der Waals surface area contributed by atoms with Crippen LogP contribution >= 0.6 is 0 Å². The predicted molar refractivity (Wildman–Crippen MR) is 236 cm³/mol. The number of carbonyl (C=O) groups is 2. The zero-order valence-corrected chi connectivity index (χ0v) is 37.6. The van der Waals surface area contributed by atoms with Crippen molar-refractivity contribution in [2.45, 2.75) is 279 Å². The van der Waals surface area contributed by atoms with Crippen LogP contribution in [0.1, 0.15) is 279 Å². The molecule has 0 aliphatic heterocycles. The third-order valence-corrected chi connectivity index (χ3v) is 12.0. The molecule has 0 aromatic heterocycles. The van der Waals surface area contributed by atoms with E-state index in [0.29, 0.717) is 26.1 Å². The summed E-state index contributed by atoms with van der Waals surface area (Å²) in [5.74, 6) is 2.46. The Balaban J connectivity index is 3.58. The minimum atomic E-state index is 0.0128. The van der Waals surface area contributed by atoms with Crippen molar-refractivity contribution in [1.29, 1.82) is 0 Å². The lowest BCUT2D eigenvalue weighted by Gasteiger charge is -2.23. The van der Waals surface area contributed by atoms with E-state index in [2.05, 4.69) is 34.6 Å². The number of unbranched alkanes of at least 4 members (excludes halogenated alkanes) is 28. The van der Waals surface area contributed by atoms with Crippen molar-refractivity contribution in [3.05, 3.63) is 0 Å². The fourth-order valence-corrected chi connectivity index (χ4v) is 8.00. The van der Waals surface area contributed by atoms with E-state index in [4.69, 9.17) is 9.47 Å². The van der Waals surface area contributed by atoms with Gasteiger partial charge in [0.1, 0.15) is 0 Å². The molecule has 0 aromatic rings. The summed E-state index contributed by atoms with van der Waals surface area (Å²) in [5.41, 5.74) is 0. The molecule has 0 saturated carbocycles. The Kier molecular flexibility index (Phi) is 42.2. The van der Waals surface area contributed by atoms with E-state index in [1.54, 1.807) is 0 Å². The van der Waals surface area contributed by atoms with Crippen molar-refractivity contribution >= 4 is 11.9 Å². The number of carbonyl (C=O) groups excluding carboxylic acids is 2. The first kappa shape index (κ1) is 52.9. The third kappa shape index (κ3) is 40.6. The van der Waals surface area contributed by atoms with Crippen molar-refractivity contribution in [3.8, 4) is 0 Å². The second-order valence-corrected chi connectivity index (χ2v) is 17.8. The molecule has 0 aliphatic rings. The summed E-state index contributed by atoms with van der Waals surface area (Å²) in [6.07, 6.45) is 47.7. The fourth-order valence-electron chi connectivity index (χ4n) is 8.00. The second kappa shape index (κ2) is 43.1. The van der Waals surface area contributed by atoms with Crippen molar-refractivity contribution in [1.82, 2.24) is 0 Å². The number of hydrogen-bond acceptors (Lipinski definition) is 4. The quantitative estimate of drug-likeness (QED) is 0.0458. The van der Waals surface area contributed by atoms with Gasteiger partial charge in [0.15, 0.2) is 0 Å². The van der Waals surface area contributed by atoms with Crippen LogP contribution in [0.2, 0.25) is 0 Å². The highest BCUT2D eigenvalue weighted by Gasteiger charge is 2.15. The molecule has 2 unspecified atom stereocenters. The van der Waals surface area contributed by atoms with E-state index in [1.165, 1.54) is 205 Å². The molecule has 0 aromatic carbocycles. The van der Waals surface area contributed by atoms with Crippen molar-refractivity contribution in [2.75, 3.05) is 13.2 Å². The van der Waals surface area contributed by atoms with E-state index >= 15 is 0 Å². The van der Waals surface area contributed by atoms with Crippen molar-refractivity contribution < 1.29 is 19.1 Å². The summed E-state index contributed by atoms with van der Waals surface area (Å²) >= 11 is 0. The van der Waals surface area contributed by atoms with Crippen LogP contribution < -0.4 is 0 Å². The first-order chi connectivity index (χ1) is 26.4. The van der Waals surface area contributed by atoms with Crippen LogP contribution in [-0.4, -0.2) is 25.2 Å². The molecule has 0 N–H and O–H groups in total. The molecule has 0 aliphatic carbocycles. The average Bonchev–Trinajstić information content (AvgIpc) is 3.15. The maximum atomic E-state index is 12.1. The maximum absolute atomic E-state index is 12.1. The second-order valence-electron chi connectivity index (χ2n) is 17.8. The van der Waals surface area contributed by atoms with Crippen LogP contribution in [0.15, 0.2) is 0 Å². The normalized spacial score (nSPS) is 12.7. The van der Waals surface area contributed by atoms with Gasteiger partial charge in [0, 0.05) is 12.8 Å². The Morgan fingerprint density at radius 1 is 0.352 bits per heavy atom. The summed E-state index contributed by atoms with van der Waals surface area (Å²) in [4.78, 5) is 24.1. The van der Waals surface area contributed by atoms with Gasteiger partial charge in [-0.15, -0.1) is 0 Å². The number of hydrogen-bond donors (Lipinski definition) is 0. The molecular weight excluding hydrogens is 665 g/mol. The molecule has 0 fully saturated rings. The molecular formula is C50H98O4. The molecule has 322 valence electrons. The Morgan fingerprint density at radius 3 is 1.04 bits per heavy atom. The smallest absolute Gasteiger partial charge is 0.305 e. The van der Waals surface area contributed by atoms with Gasteiger partial charge >= 0.3 is 11.9 Å². The summed E-state index contributed by atoms with van der Waals surface area (Å²) in [6, 6.07) is 0. The van der Waals surface area contributed by atoms with E-state index in [1.807, 2.05) is 0 Å². The van der Waals surface area contributed by atoms with Gasteiger partial charge in [-0.05, 0) is 49.9 Å². The maximum Gasteiger partial charge on any atom is 0.305 e. The number of ether oxygens (including phenoxy) is 2. The molecule has 0 bridgehead atoms. The zero-order valence-electron chi connectivity index (χ0n) is 37.6. The third-order valence-electron chi connectivity index (χ3n) is 12.0. The Morgan fingerprint density at radius 2 is 0.667 bits per heavy atom. The molecule has 0 radical (unpaired) electrons. The lowest BCUT2D eigenvalue weighted by atomic mass is 9.83. The number of esters is 2. The van der Waals surface area contributed by atoms with Gasteiger partial charge in [0.05, 0.1) is 13.2 Å². The summed E-state index contributed by atoms with van der Waals surface area (Å²) in [7, 11) is 0. The molecule has 0 spiro atoms. The highest BCUT2D eigenvalue weighted by Crippen LogP contribution is 2.27. The minimum Gasteiger partial charge on any atom is -0.466 e. The summed E-state index contributed by atoms with van der Waals surface area (Å²) in [5, 5.41) is 0. The van der Waals surface area contributed by atoms with Gasteiger partial charge in [-0.25, -0.2) is 0 Å². The SMILES string of the molecule is CCCCCCCCCCCCCC(=O)OCCCCCCCC(C)CCC(CCCCCCCOC(=O)CCCCCCCCCCCCC)C(C)C. The zero-order chi connectivity index (χ0) is 39.6. The average molecular weight is 763 g/mol. The van der Waals surface area contributed by atoms with E-state index in [-0.39, 0.29) is 11.9 Å². The largest absolute Gasteiger partial charge is 0.466 e. The molecule has 0 rings (SSSR count). The lowest BCUT2D eigenvalue weighted by Crippen LogP contribution is -2.11. The summed E-state index contributed by atoms with van der Waals surface area (Å²) < 4.78 is 11.0. The lowest BCUT2D eigenvalue weighted by molar-refractivity contribution is -0.144. The standard InChI is InChI=1S/C50H98O4/c1-6-8-10-12-14-16-18-20-22-28-34-40-49(51)53-44-36-30-24-26-32-38-47(5)42-43-48(46(3)4)39-33-27-25-31-37-45-54-50(52)41-35-29-23-21-19-17-15-13-11-9-7-2/h46-48H,6-45H2,1-5H3. The van der Waals surface area contributed by atoms with Crippen molar-refractivity contribution in [3.63, 3.8) is 0 Å². The van der Waals surface area contributed by atoms with Crippen LogP contribution in [0, 0.1) is 17.8 Å². The predicted octanol–water partition coefficient (Wildman–Crippen LogP) is 16.8. The molecule has 2 atom stereocenters. The monoisotopic (exact) mass is 763 g/mol. The Hall–Kier alpha value is -1.06. The van der Waals surface area contributed by atoms with E-state index < -0.39 is 0 Å². The first-order valence-corrected chi connectivity index (χ1v) is 24.7. The minimum absolute atomic E-state index is 0.0128. The number of rotatable bonds is 44. The molecule has 4 heteroatoms. The topological polar surface area (TPSA) is 52.6 Å². The van der Waals surface area contributed by atoms with E-state index in [0.717, 1.165) is 43.4 Å². The van der Waals surface area contributed by atoms with Crippen LogP contribution in [0.25, 0.3) is 0 Å². The van der Waals surface area contributed by atoms with E-state index in [9.17, 15) is 9.59 Å². The Bertz CT molecular complexity index is 764. The van der Waals surface area contributed by atoms with Gasteiger partial charge in [-0.1, -0.05) is 234 Å². The van der Waals surface area contributed by atoms with Gasteiger partial charge in [-0.2, -0.15) is 0 Å². The fraction of sp³-hybridized carbons (Fsp3) is 0.960. The van der Waals surface area contributed by atoms with Gasteiger partial charge in [0.25, 0.3) is 0 Å². The van der Waals surface area contributed by atoms with Gasteiger partial charge in [-0.3, -0.25) is 9.59 Å². The van der Waals surface area contributed by atoms with Crippen molar-refractivity contribution in [2.24, 2.45) is 17.8 Å². The molecule has 54 heavy (non-hydrogen) atoms.